The second-order valence-electron chi connectivity index (χ2n) is 3.42. The molecule has 0 aliphatic heterocycles. The van der Waals surface area contributed by atoms with E-state index in [2.05, 4.69) is 4.43 Å². The van der Waals surface area contributed by atoms with Gasteiger partial charge in [0.2, 0.25) is 0 Å². The number of carbonyl (C=O) groups is 3. The molecule has 0 fully saturated rings. The van der Waals surface area contributed by atoms with Crippen LogP contribution in [0.3, 0.4) is 0 Å². The molecule has 0 saturated heterocycles. The Balaban J connectivity index is 5.32. The first-order valence-electron chi connectivity index (χ1n) is 4.95. The maximum atomic E-state index is 11.2. The minimum absolute atomic E-state index is 0.0488. The van der Waals surface area contributed by atoms with E-state index in [-0.39, 0.29) is 11.8 Å². The number of rotatable bonds is 10. The number of hydrogen-bond donors (Lipinski definition) is 1. The molecule has 19 heavy (non-hydrogen) atoms. The highest BCUT2D eigenvalue weighted by Crippen LogP contribution is 2.17. The summed E-state index contributed by atoms with van der Waals surface area (Å²) in [5.74, 6) is 0.642. The fraction of sp³-hybridized carbons (Fsp3) is 0.571. The summed E-state index contributed by atoms with van der Waals surface area (Å²) in [5, 5.41) is 0. The van der Waals surface area contributed by atoms with Gasteiger partial charge in [0.1, 0.15) is 0 Å². The van der Waals surface area contributed by atoms with Gasteiger partial charge in [0.25, 0.3) is 0 Å². The maximum absolute atomic E-state index is 11.2. The molecule has 0 amide bonds. The maximum Gasteiger partial charge on any atom is 0.561 e. The Morgan fingerprint density at radius 3 is 1.68 bits per heavy atom. The van der Waals surface area contributed by atoms with E-state index in [9.17, 15) is 19.2 Å². The third-order valence-electron chi connectivity index (χ3n) is 2.12. The van der Waals surface area contributed by atoms with Crippen molar-refractivity contribution in [3.8, 4) is 0 Å². The molecule has 0 aromatic rings. The van der Waals surface area contributed by atoms with Crippen molar-refractivity contribution in [1.29, 1.82) is 0 Å². The highest BCUT2D eigenvalue weighted by Gasteiger charge is 2.56. The summed E-state index contributed by atoms with van der Waals surface area (Å²) in [6, 6.07) is 0. The molecule has 12 heteroatoms. The van der Waals surface area contributed by atoms with Gasteiger partial charge in [0.15, 0.2) is 17.7 Å². The minimum Gasteiger partial charge on any atom is -0.393 e. The van der Waals surface area contributed by atoms with E-state index in [1.54, 1.807) is 0 Å². The largest absolute Gasteiger partial charge is 0.561 e. The third-order valence-corrected chi connectivity index (χ3v) is 10.2. The molecule has 0 aliphatic rings. The molecule has 0 aromatic carbocycles. The van der Waals surface area contributed by atoms with Gasteiger partial charge in [-0.3, -0.25) is 0 Å². The number of carbonyl (C=O) groups excluding carboxylic acids is 3. The van der Waals surface area contributed by atoms with Crippen LogP contribution in [-0.4, -0.2) is 70.0 Å². The molecule has 0 rings (SSSR count). The molecule has 1 N–H and O–H groups in total. The van der Waals surface area contributed by atoms with Crippen molar-refractivity contribution in [2.24, 2.45) is 0 Å². The van der Waals surface area contributed by atoms with E-state index >= 15 is 0 Å². The lowest BCUT2D eigenvalue weighted by molar-refractivity contribution is 0.136. The summed E-state index contributed by atoms with van der Waals surface area (Å²) < 4.78 is 24.5. The third kappa shape index (κ3) is 4.79. The normalized spacial score (nSPS) is 20.7. The van der Waals surface area contributed by atoms with Crippen molar-refractivity contribution in [3.05, 3.63) is 0 Å². The van der Waals surface area contributed by atoms with Gasteiger partial charge in [-0.25, -0.2) is 0 Å². The summed E-state index contributed by atoms with van der Waals surface area (Å²) in [7, 11) is -8.38. The molecular formula is C7H16O9Si3. The van der Waals surface area contributed by atoms with Crippen LogP contribution in [0.2, 0.25) is 6.55 Å². The predicted molar refractivity (Wildman–Crippen MR) is 68.8 cm³/mol. The van der Waals surface area contributed by atoms with Crippen molar-refractivity contribution in [3.63, 3.8) is 0 Å². The van der Waals surface area contributed by atoms with Crippen molar-refractivity contribution in [1.82, 2.24) is 0 Å². The second-order valence-corrected chi connectivity index (χ2v) is 11.5. The van der Waals surface area contributed by atoms with Crippen LogP contribution in [0, 0.1) is 0 Å². The van der Waals surface area contributed by atoms with Gasteiger partial charge in [0.05, 0.1) is 0 Å². The van der Waals surface area contributed by atoms with Crippen LogP contribution in [0.5, 0.6) is 0 Å². The Hall–Kier alpha value is -0.579. The highest BCUT2D eigenvalue weighted by atomic mass is 28.5. The smallest absolute Gasteiger partial charge is 0.393 e. The standard InChI is InChI=1S/C7H16O9Si3/c1-12-17(4,5-8)15-19(7-10,14-3)16-18(11,6-9)13-2/h5-7,11H,1-4H3. The zero-order valence-corrected chi connectivity index (χ0v) is 13.9. The molecule has 9 nitrogen and oxygen atoms in total. The van der Waals surface area contributed by atoms with Crippen molar-refractivity contribution in [2.45, 2.75) is 6.55 Å². The Labute approximate surface area is 113 Å². The van der Waals surface area contributed by atoms with Gasteiger partial charge in [-0.1, -0.05) is 0 Å². The average molecular weight is 328 g/mol. The molecule has 3 unspecified atom stereocenters. The van der Waals surface area contributed by atoms with Crippen LogP contribution in [0.25, 0.3) is 0 Å². The van der Waals surface area contributed by atoms with Gasteiger partial charge < -0.3 is 40.7 Å². The van der Waals surface area contributed by atoms with Crippen LogP contribution in [0.15, 0.2) is 0 Å². The zero-order valence-electron chi connectivity index (χ0n) is 10.9. The van der Waals surface area contributed by atoms with E-state index in [1.165, 1.54) is 13.7 Å². The van der Waals surface area contributed by atoms with Crippen molar-refractivity contribution in [2.75, 3.05) is 21.3 Å². The molecular weight excluding hydrogens is 312 g/mol. The quantitative estimate of drug-likeness (QED) is 0.366. The molecule has 0 saturated carbocycles. The SMILES string of the molecule is CO[Si](C)(C=O)O[Si](C=O)(OC)O[Si](O)(C=O)OC. The van der Waals surface area contributed by atoms with Crippen molar-refractivity contribution >= 4 is 43.9 Å². The van der Waals surface area contributed by atoms with Gasteiger partial charge in [-0.2, -0.15) is 0 Å². The molecule has 0 aromatic heterocycles. The van der Waals surface area contributed by atoms with Crippen LogP contribution in [0.4, 0.5) is 0 Å². The van der Waals surface area contributed by atoms with Gasteiger partial charge >= 0.3 is 26.2 Å². The van der Waals surface area contributed by atoms with E-state index in [0.717, 1.165) is 14.2 Å². The molecule has 0 heterocycles. The van der Waals surface area contributed by atoms with E-state index < -0.39 is 26.2 Å². The fourth-order valence-electron chi connectivity index (χ4n) is 0.914. The lowest BCUT2D eigenvalue weighted by Crippen LogP contribution is -2.64. The lowest BCUT2D eigenvalue weighted by Gasteiger charge is -2.32. The summed E-state index contributed by atoms with van der Waals surface area (Å²) in [5.41, 5.74) is 0. The summed E-state index contributed by atoms with van der Waals surface area (Å²) in [6.07, 6.45) is 0. The molecule has 110 valence electrons. The van der Waals surface area contributed by atoms with Gasteiger partial charge in [-0.15, -0.1) is 0 Å². The summed E-state index contributed by atoms with van der Waals surface area (Å²) in [6.45, 7) is 1.35. The Bertz CT molecular complexity index is 316. The predicted octanol–water partition coefficient (Wildman–Crippen LogP) is -1.78. The summed E-state index contributed by atoms with van der Waals surface area (Å²) >= 11 is 0. The van der Waals surface area contributed by atoms with Crippen LogP contribution in [0.1, 0.15) is 0 Å². The molecule has 0 spiro atoms. The first-order chi connectivity index (χ1) is 8.78. The van der Waals surface area contributed by atoms with Gasteiger partial charge in [0, 0.05) is 21.3 Å². The van der Waals surface area contributed by atoms with Crippen LogP contribution >= 0.6 is 0 Å². The Morgan fingerprint density at radius 1 is 0.842 bits per heavy atom. The molecule has 0 bridgehead atoms. The van der Waals surface area contributed by atoms with E-state index in [1.807, 2.05) is 0 Å². The van der Waals surface area contributed by atoms with E-state index in [0.29, 0.717) is 5.91 Å². The monoisotopic (exact) mass is 328 g/mol. The Kier molecular flexibility index (Phi) is 7.05. The lowest BCUT2D eigenvalue weighted by atomic mass is 11.8. The highest BCUT2D eigenvalue weighted by molar-refractivity contribution is 7.04. The van der Waals surface area contributed by atoms with Crippen LogP contribution < -0.4 is 0 Å². The van der Waals surface area contributed by atoms with Gasteiger partial charge in [-0.05, 0) is 6.55 Å². The first kappa shape index (κ1) is 18.4. The molecule has 0 aliphatic carbocycles. The zero-order chi connectivity index (χ0) is 15.2. The fourth-order valence-corrected chi connectivity index (χ4v) is 7.74. The van der Waals surface area contributed by atoms with Crippen molar-refractivity contribution < 1.29 is 40.7 Å². The first-order valence-corrected chi connectivity index (χ1v) is 11.0. The topological polar surface area (TPSA) is 118 Å². The Morgan fingerprint density at radius 2 is 1.42 bits per heavy atom. The minimum atomic E-state index is -4.25. The molecule has 3 atom stereocenters. The summed E-state index contributed by atoms with van der Waals surface area (Å²) in [4.78, 5) is 42.5. The van der Waals surface area contributed by atoms with E-state index in [4.69, 9.17) is 17.1 Å². The number of hydrogen-bond acceptors (Lipinski definition) is 9. The van der Waals surface area contributed by atoms with Crippen LogP contribution in [-0.2, 0) is 35.9 Å². The molecule has 0 radical (unpaired) electrons. The second kappa shape index (κ2) is 7.27. The average Bonchev–Trinajstić information content (AvgIpc) is 2.46.